The maximum atomic E-state index is 12.6. The Hall–Kier alpha value is -2.18. The molecular formula is C19H22ClN3O3. The maximum Gasteiger partial charge on any atom is 0.348 e. The highest BCUT2D eigenvalue weighted by Gasteiger charge is 2.36. The molecule has 0 saturated carbocycles. The summed E-state index contributed by atoms with van der Waals surface area (Å²) >= 11 is 5.95. The third-order valence-electron chi connectivity index (χ3n) is 4.61. The van der Waals surface area contributed by atoms with E-state index in [1.54, 1.807) is 19.9 Å². The molecule has 1 N–H and O–H groups in total. The number of benzene rings is 1. The monoisotopic (exact) mass is 375 g/mol. The molecule has 7 heteroatoms. The van der Waals surface area contributed by atoms with Crippen molar-refractivity contribution in [2.75, 3.05) is 13.2 Å². The Morgan fingerprint density at radius 1 is 1.35 bits per heavy atom. The van der Waals surface area contributed by atoms with Crippen molar-refractivity contribution in [3.05, 3.63) is 62.8 Å². The van der Waals surface area contributed by atoms with Crippen LogP contribution in [0.3, 0.4) is 0 Å². The predicted molar refractivity (Wildman–Crippen MR) is 99.4 cm³/mol. The van der Waals surface area contributed by atoms with E-state index in [4.69, 9.17) is 16.3 Å². The molecule has 0 spiro atoms. The van der Waals surface area contributed by atoms with Crippen LogP contribution in [0.2, 0.25) is 5.02 Å². The van der Waals surface area contributed by atoms with E-state index in [0.29, 0.717) is 36.0 Å². The largest absolute Gasteiger partial charge is 0.379 e. The molecule has 1 aromatic heterocycles. The number of rotatable bonds is 5. The predicted octanol–water partition coefficient (Wildman–Crippen LogP) is 2.03. The molecule has 2 aromatic rings. The molecule has 1 unspecified atom stereocenters. The average molecular weight is 376 g/mol. The summed E-state index contributed by atoms with van der Waals surface area (Å²) in [6.07, 6.45) is 1.37. The minimum Gasteiger partial charge on any atom is -0.379 e. The zero-order valence-electron chi connectivity index (χ0n) is 14.9. The van der Waals surface area contributed by atoms with Crippen LogP contribution in [0.1, 0.15) is 23.4 Å². The van der Waals surface area contributed by atoms with Crippen LogP contribution in [-0.4, -0.2) is 34.2 Å². The lowest BCUT2D eigenvalue weighted by Gasteiger charge is -2.29. The molecule has 6 nitrogen and oxygen atoms in total. The van der Waals surface area contributed by atoms with Crippen molar-refractivity contribution in [2.24, 2.45) is 0 Å². The van der Waals surface area contributed by atoms with Gasteiger partial charge in [-0.25, -0.2) is 4.79 Å². The summed E-state index contributed by atoms with van der Waals surface area (Å²) in [6.45, 7) is 4.54. The van der Waals surface area contributed by atoms with E-state index in [-0.39, 0.29) is 12.5 Å². The second-order valence-corrected chi connectivity index (χ2v) is 7.28. The van der Waals surface area contributed by atoms with E-state index in [0.717, 1.165) is 12.0 Å². The molecule has 1 aliphatic rings. The summed E-state index contributed by atoms with van der Waals surface area (Å²) in [5.74, 6) is -0.222. The van der Waals surface area contributed by atoms with Crippen molar-refractivity contribution in [3.63, 3.8) is 0 Å². The Bertz CT molecular complexity index is 855. The molecule has 0 bridgehead atoms. The van der Waals surface area contributed by atoms with Gasteiger partial charge in [0.1, 0.15) is 6.54 Å². The van der Waals surface area contributed by atoms with Gasteiger partial charge in [-0.3, -0.25) is 9.36 Å². The third kappa shape index (κ3) is 4.31. The van der Waals surface area contributed by atoms with Crippen LogP contribution in [0.4, 0.5) is 0 Å². The van der Waals surface area contributed by atoms with Gasteiger partial charge in [0.15, 0.2) is 0 Å². The minimum atomic E-state index is -0.472. The second-order valence-electron chi connectivity index (χ2n) is 6.84. The lowest BCUT2D eigenvalue weighted by Crippen LogP contribution is -2.52. The fourth-order valence-corrected chi connectivity index (χ4v) is 3.45. The molecule has 3 rings (SSSR count). The molecule has 26 heavy (non-hydrogen) atoms. The molecule has 1 atom stereocenters. The van der Waals surface area contributed by atoms with Crippen molar-refractivity contribution in [3.8, 4) is 0 Å². The van der Waals surface area contributed by atoms with Gasteiger partial charge in [-0.1, -0.05) is 23.7 Å². The first-order valence-electron chi connectivity index (χ1n) is 8.55. The van der Waals surface area contributed by atoms with Crippen molar-refractivity contribution in [2.45, 2.75) is 38.8 Å². The van der Waals surface area contributed by atoms with E-state index in [2.05, 4.69) is 10.3 Å². The van der Waals surface area contributed by atoms with E-state index >= 15 is 0 Å². The normalized spacial score (nSPS) is 19.5. The summed E-state index contributed by atoms with van der Waals surface area (Å²) in [4.78, 5) is 28.6. The summed E-state index contributed by atoms with van der Waals surface area (Å²) in [6, 6.07) is 9.36. The van der Waals surface area contributed by atoms with Gasteiger partial charge in [-0.05, 0) is 50.5 Å². The van der Waals surface area contributed by atoms with Gasteiger partial charge >= 0.3 is 5.69 Å². The first-order chi connectivity index (χ1) is 12.4. The number of carbonyl (C=O) groups excluding carboxylic acids is 1. The number of hydrogen-bond acceptors (Lipinski definition) is 4. The van der Waals surface area contributed by atoms with E-state index in [1.165, 1.54) is 4.57 Å². The number of halogens is 1. The first kappa shape index (κ1) is 18.6. The van der Waals surface area contributed by atoms with Gasteiger partial charge in [0.25, 0.3) is 0 Å². The summed E-state index contributed by atoms with van der Waals surface area (Å²) < 4.78 is 6.93. The maximum absolute atomic E-state index is 12.6. The van der Waals surface area contributed by atoms with Crippen LogP contribution >= 0.6 is 11.6 Å². The molecular weight excluding hydrogens is 354 g/mol. The summed E-state index contributed by atoms with van der Waals surface area (Å²) in [7, 11) is 0. The summed E-state index contributed by atoms with van der Waals surface area (Å²) in [5.41, 5.74) is 1.55. The van der Waals surface area contributed by atoms with Gasteiger partial charge in [0, 0.05) is 23.0 Å². The van der Waals surface area contributed by atoms with Gasteiger partial charge in [0.05, 0.1) is 12.1 Å². The average Bonchev–Trinajstić information content (AvgIpc) is 3.01. The van der Waals surface area contributed by atoms with E-state index in [1.807, 2.05) is 24.3 Å². The number of hydrogen-bond donors (Lipinski definition) is 1. The summed E-state index contributed by atoms with van der Waals surface area (Å²) in [5, 5.41) is 3.77. The number of ether oxygens (including phenoxy) is 1. The molecule has 1 aromatic carbocycles. The Balaban J connectivity index is 1.75. The molecule has 2 heterocycles. The zero-order chi connectivity index (χ0) is 18.7. The van der Waals surface area contributed by atoms with Crippen LogP contribution in [0.25, 0.3) is 0 Å². The standard InChI is InChI=1S/C19H22ClN3O3/c1-13-9-14(2)23(18(25)21-13)11-17(24)22-19(7-8-26-12-19)10-15-3-5-16(20)6-4-15/h3-6,9H,7-8,10-12H2,1-2H3,(H,22,24). The molecule has 0 radical (unpaired) electrons. The van der Waals surface area contributed by atoms with E-state index < -0.39 is 11.2 Å². The number of aryl methyl sites for hydroxylation is 2. The van der Waals surface area contributed by atoms with Crippen molar-refractivity contribution < 1.29 is 9.53 Å². The topological polar surface area (TPSA) is 73.2 Å². The molecule has 0 aliphatic carbocycles. The number of carbonyl (C=O) groups is 1. The quantitative estimate of drug-likeness (QED) is 0.867. The van der Waals surface area contributed by atoms with Gasteiger partial charge in [-0.2, -0.15) is 4.98 Å². The molecule has 1 saturated heterocycles. The number of aromatic nitrogens is 2. The minimum absolute atomic E-state index is 0.0552. The fraction of sp³-hybridized carbons (Fsp3) is 0.421. The van der Waals surface area contributed by atoms with Gasteiger partial charge < -0.3 is 10.1 Å². The Kier molecular flexibility index (Phi) is 5.44. The molecule has 1 fully saturated rings. The van der Waals surface area contributed by atoms with E-state index in [9.17, 15) is 9.59 Å². The molecule has 1 aliphatic heterocycles. The highest BCUT2D eigenvalue weighted by molar-refractivity contribution is 6.30. The fourth-order valence-electron chi connectivity index (χ4n) is 3.33. The van der Waals surface area contributed by atoms with Crippen molar-refractivity contribution >= 4 is 17.5 Å². The van der Waals surface area contributed by atoms with Crippen molar-refractivity contribution in [1.82, 2.24) is 14.9 Å². The highest BCUT2D eigenvalue weighted by atomic mass is 35.5. The number of nitrogens with zero attached hydrogens (tertiary/aromatic N) is 2. The van der Waals surface area contributed by atoms with Crippen LogP contribution < -0.4 is 11.0 Å². The second kappa shape index (κ2) is 7.60. The van der Waals surface area contributed by atoms with Crippen LogP contribution in [-0.2, 0) is 22.5 Å². The number of amides is 1. The van der Waals surface area contributed by atoms with Crippen LogP contribution in [0, 0.1) is 13.8 Å². The first-order valence-corrected chi connectivity index (χ1v) is 8.93. The number of nitrogens with one attached hydrogen (secondary N) is 1. The van der Waals surface area contributed by atoms with Crippen LogP contribution in [0.5, 0.6) is 0 Å². The Morgan fingerprint density at radius 3 is 2.69 bits per heavy atom. The zero-order valence-corrected chi connectivity index (χ0v) is 15.7. The van der Waals surface area contributed by atoms with Crippen molar-refractivity contribution in [1.29, 1.82) is 0 Å². The SMILES string of the molecule is Cc1cc(C)n(CC(=O)NC2(Cc3ccc(Cl)cc3)CCOC2)c(=O)n1. The molecule has 1 amide bonds. The lowest BCUT2D eigenvalue weighted by molar-refractivity contribution is -0.123. The smallest absolute Gasteiger partial charge is 0.348 e. The Labute approximate surface area is 157 Å². The van der Waals surface area contributed by atoms with Gasteiger partial charge in [0.2, 0.25) is 5.91 Å². The van der Waals surface area contributed by atoms with Gasteiger partial charge in [-0.15, -0.1) is 0 Å². The highest BCUT2D eigenvalue weighted by Crippen LogP contribution is 2.24. The van der Waals surface area contributed by atoms with Crippen LogP contribution in [0.15, 0.2) is 35.1 Å². The molecule has 138 valence electrons. The third-order valence-corrected chi connectivity index (χ3v) is 4.86. The Morgan fingerprint density at radius 2 is 2.08 bits per heavy atom. The lowest BCUT2D eigenvalue weighted by atomic mass is 9.90.